The lowest BCUT2D eigenvalue weighted by atomic mass is 9.76. The molecule has 0 saturated heterocycles. The van der Waals surface area contributed by atoms with Gasteiger partial charge in [-0.3, -0.25) is 9.48 Å². The highest BCUT2D eigenvalue weighted by Crippen LogP contribution is 2.39. The summed E-state index contributed by atoms with van der Waals surface area (Å²) in [4.78, 5) is 11.6. The molecule has 21 heavy (non-hydrogen) atoms. The van der Waals surface area contributed by atoms with Crippen LogP contribution in [0.15, 0.2) is 6.07 Å². The Morgan fingerprint density at radius 1 is 1.33 bits per heavy atom. The number of aromatic nitrogens is 2. The molecule has 1 fully saturated rings. The summed E-state index contributed by atoms with van der Waals surface area (Å²) < 4.78 is 2.04. The highest BCUT2D eigenvalue weighted by molar-refractivity contribution is 5.70. The average Bonchev–Trinajstić information content (AvgIpc) is 2.90. The minimum Gasteiger partial charge on any atom is -0.481 e. The summed E-state index contributed by atoms with van der Waals surface area (Å²) in [5.41, 5.74) is 2.26. The number of hydrogen-bond acceptors (Lipinski definition) is 2. The van der Waals surface area contributed by atoms with Crippen LogP contribution in [0.25, 0.3) is 0 Å². The number of carbonyl (C=O) groups is 1. The molecule has 118 valence electrons. The molecule has 0 aliphatic heterocycles. The number of carboxylic acids is 1. The highest BCUT2D eigenvalue weighted by atomic mass is 16.4. The van der Waals surface area contributed by atoms with Crippen LogP contribution in [0.5, 0.6) is 0 Å². The van der Waals surface area contributed by atoms with Crippen molar-refractivity contribution in [3.8, 4) is 0 Å². The topological polar surface area (TPSA) is 55.1 Å². The van der Waals surface area contributed by atoms with Gasteiger partial charge >= 0.3 is 5.97 Å². The molecule has 0 amide bonds. The number of aryl methyl sites for hydroxylation is 2. The van der Waals surface area contributed by atoms with E-state index in [1.165, 1.54) is 18.5 Å². The molecule has 3 unspecified atom stereocenters. The maximum atomic E-state index is 11.6. The predicted octanol–water partition coefficient (Wildman–Crippen LogP) is 3.85. The molecule has 4 nitrogen and oxygen atoms in total. The summed E-state index contributed by atoms with van der Waals surface area (Å²) in [6, 6.07) is 2.17. The van der Waals surface area contributed by atoms with Gasteiger partial charge in [-0.25, -0.2) is 0 Å². The number of aliphatic carboxylic acids is 1. The van der Waals surface area contributed by atoms with E-state index in [1.54, 1.807) is 0 Å². The zero-order valence-corrected chi connectivity index (χ0v) is 13.5. The largest absolute Gasteiger partial charge is 0.481 e. The molecule has 1 aromatic heterocycles. The van der Waals surface area contributed by atoms with E-state index in [0.29, 0.717) is 5.92 Å². The molecule has 1 heterocycles. The first kappa shape index (κ1) is 16.1. The Balaban J connectivity index is 2.30. The van der Waals surface area contributed by atoms with E-state index in [4.69, 9.17) is 5.10 Å². The predicted molar refractivity (Wildman–Crippen MR) is 83.4 cm³/mol. The summed E-state index contributed by atoms with van der Waals surface area (Å²) in [5, 5.41) is 14.3. The first-order valence-corrected chi connectivity index (χ1v) is 8.40. The van der Waals surface area contributed by atoms with Gasteiger partial charge in [-0.15, -0.1) is 0 Å². The first-order chi connectivity index (χ1) is 10.1. The third-order valence-electron chi connectivity index (χ3n) is 4.84. The lowest BCUT2D eigenvalue weighted by Crippen LogP contribution is -2.34. The van der Waals surface area contributed by atoms with E-state index >= 15 is 0 Å². The Kier molecular flexibility index (Phi) is 5.43. The molecule has 2 rings (SSSR count). The van der Waals surface area contributed by atoms with E-state index in [-0.39, 0.29) is 12.0 Å². The Morgan fingerprint density at radius 2 is 2.10 bits per heavy atom. The van der Waals surface area contributed by atoms with Crippen LogP contribution in [-0.2, 0) is 17.6 Å². The van der Waals surface area contributed by atoms with E-state index in [0.717, 1.165) is 37.8 Å². The van der Waals surface area contributed by atoms with Crippen LogP contribution in [0, 0.1) is 11.8 Å². The zero-order valence-electron chi connectivity index (χ0n) is 13.5. The molecule has 1 saturated carbocycles. The van der Waals surface area contributed by atoms with Gasteiger partial charge in [-0.05, 0) is 44.1 Å². The lowest BCUT2D eigenvalue weighted by Gasteiger charge is -2.35. The summed E-state index contributed by atoms with van der Waals surface area (Å²) in [6.45, 7) is 6.43. The number of nitrogens with zero attached hydrogens (tertiary/aromatic N) is 2. The van der Waals surface area contributed by atoms with Gasteiger partial charge < -0.3 is 5.11 Å². The van der Waals surface area contributed by atoms with Gasteiger partial charge in [0.1, 0.15) is 0 Å². The fourth-order valence-electron chi connectivity index (χ4n) is 3.67. The van der Waals surface area contributed by atoms with Crippen LogP contribution in [0.3, 0.4) is 0 Å². The monoisotopic (exact) mass is 292 g/mol. The van der Waals surface area contributed by atoms with Crippen molar-refractivity contribution in [3.63, 3.8) is 0 Å². The van der Waals surface area contributed by atoms with E-state index in [2.05, 4.69) is 26.8 Å². The Bertz CT molecular complexity index is 481. The molecule has 1 aromatic rings. The smallest absolute Gasteiger partial charge is 0.308 e. The second-order valence-electron chi connectivity index (χ2n) is 6.26. The van der Waals surface area contributed by atoms with Gasteiger partial charge in [0.2, 0.25) is 0 Å². The third kappa shape index (κ3) is 3.47. The normalized spacial score (nSPS) is 26.0. The Hall–Kier alpha value is -1.32. The van der Waals surface area contributed by atoms with Crippen molar-refractivity contribution < 1.29 is 9.90 Å². The van der Waals surface area contributed by atoms with Crippen molar-refractivity contribution in [1.29, 1.82) is 0 Å². The van der Waals surface area contributed by atoms with Crippen LogP contribution in [-0.4, -0.2) is 20.9 Å². The van der Waals surface area contributed by atoms with Gasteiger partial charge in [-0.2, -0.15) is 5.10 Å². The molecule has 1 aliphatic rings. The fraction of sp³-hybridized carbons (Fsp3) is 0.765. The molecule has 0 radical (unpaired) electrons. The van der Waals surface area contributed by atoms with Crippen molar-refractivity contribution >= 4 is 5.97 Å². The number of rotatable bonds is 6. The molecule has 0 spiro atoms. The Morgan fingerprint density at radius 3 is 2.67 bits per heavy atom. The van der Waals surface area contributed by atoms with Crippen molar-refractivity contribution in [2.24, 2.45) is 11.8 Å². The second kappa shape index (κ2) is 7.10. The maximum Gasteiger partial charge on any atom is 0.308 e. The summed E-state index contributed by atoms with van der Waals surface area (Å²) >= 11 is 0. The van der Waals surface area contributed by atoms with E-state index in [1.807, 2.05) is 4.68 Å². The molecule has 4 heteroatoms. The summed E-state index contributed by atoms with van der Waals surface area (Å²) in [5.74, 6) is -0.298. The fourth-order valence-corrected chi connectivity index (χ4v) is 3.67. The quantitative estimate of drug-likeness (QED) is 0.866. The van der Waals surface area contributed by atoms with Crippen molar-refractivity contribution in [3.05, 3.63) is 17.5 Å². The standard InChI is InChI=1S/C17H28N2O2/c1-4-7-12-8-9-15(17(20)21)16(10-12)19-14(6-3)11-13(5-2)18-19/h11-12,15-16H,4-10H2,1-3H3,(H,20,21). The molecule has 0 aromatic carbocycles. The average molecular weight is 292 g/mol. The Labute approximate surface area is 127 Å². The van der Waals surface area contributed by atoms with Crippen molar-refractivity contribution in [2.45, 2.75) is 71.8 Å². The number of hydrogen-bond donors (Lipinski definition) is 1. The van der Waals surface area contributed by atoms with E-state index < -0.39 is 5.97 Å². The van der Waals surface area contributed by atoms with Crippen LogP contribution in [0.1, 0.15) is 70.3 Å². The third-order valence-corrected chi connectivity index (χ3v) is 4.84. The van der Waals surface area contributed by atoms with Gasteiger partial charge in [-0.1, -0.05) is 33.6 Å². The zero-order chi connectivity index (χ0) is 15.4. The molecule has 1 N–H and O–H groups in total. The summed E-state index contributed by atoms with van der Waals surface area (Å²) in [6.07, 6.45) is 6.99. The van der Waals surface area contributed by atoms with Gasteiger partial charge in [0.25, 0.3) is 0 Å². The molecular formula is C17H28N2O2. The van der Waals surface area contributed by atoms with Crippen molar-refractivity contribution in [2.75, 3.05) is 0 Å². The molecule has 3 atom stereocenters. The van der Waals surface area contributed by atoms with Gasteiger partial charge in [0.05, 0.1) is 17.7 Å². The summed E-state index contributed by atoms with van der Waals surface area (Å²) in [7, 11) is 0. The minimum atomic E-state index is -0.662. The second-order valence-corrected chi connectivity index (χ2v) is 6.26. The van der Waals surface area contributed by atoms with Crippen molar-refractivity contribution in [1.82, 2.24) is 9.78 Å². The molecule has 1 aliphatic carbocycles. The minimum absolute atomic E-state index is 0.0306. The van der Waals surface area contributed by atoms with Crippen LogP contribution in [0.4, 0.5) is 0 Å². The first-order valence-electron chi connectivity index (χ1n) is 8.40. The van der Waals surface area contributed by atoms with Gasteiger partial charge in [0, 0.05) is 5.69 Å². The molecular weight excluding hydrogens is 264 g/mol. The van der Waals surface area contributed by atoms with E-state index in [9.17, 15) is 9.90 Å². The van der Waals surface area contributed by atoms with Crippen LogP contribution >= 0.6 is 0 Å². The van der Waals surface area contributed by atoms with Crippen LogP contribution < -0.4 is 0 Å². The van der Waals surface area contributed by atoms with Gasteiger partial charge in [0.15, 0.2) is 0 Å². The lowest BCUT2D eigenvalue weighted by molar-refractivity contribution is -0.145. The highest BCUT2D eigenvalue weighted by Gasteiger charge is 2.37. The van der Waals surface area contributed by atoms with Crippen LogP contribution in [0.2, 0.25) is 0 Å². The maximum absolute atomic E-state index is 11.6. The SMILES string of the molecule is CCCC1CCC(C(=O)O)C(n2nc(CC)cc2CC)C1. The number of carboxylic acid groups (broad SMARTS) is 1. The molecule has 0 bridgehead atoms.